The molecule has 0 amide bonds. The third-order valence-electron chi connectivity index (χ3n) is 3.23. The van der Waals surface area contributed by atoms with Gasteiger partial charge < -0.3 is 9.64 Å². The quantitative estimate of drug-likeness (QED) is 0.792. The van der Waals surface area contributed by atoms with Crippen LogP contribution in [0.3, 0.4) is 0 Å². The van der Waals surface area contributed by atoms with E-state index in [1.807, 2.05) is 0 Å². The van der Waals surface area contributed by atoms with Crippen LogP contribution in [-0.2, 0) is 4.74 Å². The van der Waals surface area contributed by atoms with Crippen molar-refractivity contribution in [1.82, 2.24) is 9.97 Å². The van der Waals surface area contributed by atoms with Crippen molar-refractivity contribution >= 4 is 27.4 Å². The van der Waals surface area contributed by atoms with Crippen molar-refractivity contribution in [3.05, 3.63) is 17.3 Å². The number of morpholine rings is 1. The van der Waals surface area contributed by atoms with E-state index in [2.05, 4.69) is 41.0 Å². The molecule has 0 spiro atoms. The molecule has 0 aliphatic carbocycles. The molecular formula is C13H17N3OS. The summed E-state index contributed by atoms with van der Waals surface area (Å²) in [6, 6.07) is 0. The van der Waals surface area contributed by atoms with Crippen molar-refractivity contribution in [2.75, 3.05) is 18.0 Å². The van der Waals surface area contributed by atoms with Crippen LogP contribution in [0.5, 0.6) is 0 Å². The lowest BCUT2D eigenvalue weighted by Crippen LogP contribution is -2.45. The van der Waals surface area contributed by atoms with Gasteiger partial charge in [0.25, 0.3) is 0 Å². The summed E-state index contributed by atoms with van der Waals surface area (Å²) in [6.45, 7) is 8.11. The van der Waals surface area contributed by atoms with Gasteiger partial charge in [-0.25, -0.2) is 9.97 Å². The molecule has 2 aromatic rings. The number of hydrogen-bond donors (Lipinski definition) is 0. The molecule has 1 aliphatic heterocycles. The van der Waals surface area contributed by atoms with E-state index >= 15 is 0 Å². The van der Waals surface area contributed by atoms with E-state index in [0.717, 1.165) is 24.4 Å². The van der Waals surface area contributed by atoms with Crippen LogP contribution in [0.25, 0.3) is 10.2 Å². The molecule has 4 nitrogen and oxygen atoms in total. The van der Waals surface area contributed by atoms with Gasteiger partial charge in [-0.15, -0.1) is 11.3 Å². The van der Waals surface area contributed by atoms with E-state index in [-0.39, 0.29) is 12.2 Å². The maximum atomic E-state index is 5.77. The summed E-state index contributed by atoms with van der Waals surface area (Å²) in [7, 11) is 0. The Labute approximate surface area is 111 Å². The van der Waals surface area contributed by atoms with Crippen LogP contribution >= 0.6 is 11.3 Å². The zero-order valence-electron chi connectivity index (χ0n) is 10.9. The first-order valence-corrected chi connectivity index (χ1v) is 7.12. The third-order valence-corrected chi connectivity index (χ3v) is 4.31. The maximum absolute atomic E-state index is 5.77. The largest absolute Gasteiger partial charge is 0.372 e. The minimum atomic E-state index is 0.250. The molecule has 18 heavy (non-hydrogen) atoms. The number of fused-ring (bicyclic) bond motifs is 1. The van der Waals surface area contributed by atoms with Crippen LogP contribution in [0.1, 0.15) is 19.4 Å². The predicted molar refractivity (Wildman–Crippen MR) is 74.4 cm³/mol. The predicted octanol–water partition coefficient (Wildman–Crippen LogP) is 2.61. The van der Waals surface area contributed by atoms with Crippen LogP contribution in [0.2, 0.25) is 0 Å². The van der Waals surface area contributed by atoms with Gasteiger partial charge in [-0.3, -0.25) is 0 Å². The Morgan fingerprint density at radius 2 is 2.00 bits per heavy atom. The molecular weight excluding hydrogens is 246 g/mol. The molecule has 0 unspecified atom stereocenters. The second-order valence-corrected chi connectivity index (χ2v) is 5.84. The van der Waals surface area contributed by atoms with E-state index in [9.17, 15) is 0 Å². The Balaban J connectivity index is 2.03. The highest BCUT2D eigenvalue weighted by atomic mass is 32.1. The monoisotopic (exact) mass is 263 g/mol. The maximum Gasteiger partial charge on any atom is 0.150 e. The molecule has 3 rings (SSSR count). The lowest BCUT2D eigenvalue weighted by Gasteiger charge is -2.36. The smallest absolute Gasteiger partial charge is 0.150 e. The van der Waals surface area contributed by atoms with Crippen LogP contribution < -0.4 is 4.90 Å². The standard InChI is InChI=1S/C13H17N3OS/c1-8-6-18-12-11(8)14-7-15-13(12)16-4-9(2)17-10(3)5-16/h6-7,9-10H,4-5H2,1-3H3/t9-,10-/m0/s1. The molecule has 5 heteroatoms. The highest BCUT2D eigenvalue weighted by Crippen LogP contribution is 2.32. The SMILES string of the molecule is Cc1csc2c(N3C[C@H](C)O[C@@H](C)C3)ncnc12. The summed E-state index contributed by atoms with van der Waals surface area (Å²) in [4.78, 5) is 11.2. The molecule has 2 aromatic heterocycles. The highest BCUT2D eigenvalue weighted by Gasteiger charge is 2.25. The van der Waals surface area contributed by atoms with Gasteiger partial charge in [0.1, 0.15) is 12.1 Å². The fraction of sp³-hybridized carbons (Fsp3) is 0.538. The summed E-state index contributed by atoms with van der Waals surface area (Å²) in [6.07, 6.45) is 2.17. The number of hydrogen-bond acceptors (Lipinski definition) is 5. The zero-order valence-corrected chi connectivity index (χ0v) is 11.7. The van der Waals surface area contributed by atoms with E-state index < -0.39 is 0 Å². The second kappa shape index (κ2) is 4.48. The normalized spacial score (nSPS) is 24.7. The molecule has 2 atom stereocenters. The third kappa shape index (κ3) is 1.97. The number of anilines is 1. The number of rotatable bonds is 1. The van der Waals surface area contributed by atoms with Crippen molar-refractivity contribution in [1.29, 1.82) is 0 Å². The van der Waals surface area contributed by atoms with E-state index in [1.165, 1.54) is 10.3 Å². The Morgan fingerprint density at radius 1 is 1.28 bits per heavy atom. The van der Waals surface area contributed by atoms with Crippen molar-refractivity contribution in [2.24, 2.45) is 0 Å². The fourth-order valence-corrected chi connectivity index (χ4v) is 3.55. The first-order chi connectivity index (χ1) is 8.65. The van der Waals surface area contributed by atoms with Crippen molar-refractivity contribution in [3.8, 4) is 0 Å². The van der Waals surface area contributed by atoms with Gasteiger partial charge in [-0.1, -0.05) is 0 Å². The average molecular weight is 263 g/mol. The molecule has 1 fully saturated rings. The van der Waals surface area contributed by atoms with Gasteiger partial charge in [0.15, 0.2) is 0 Å². The summed E-state index contributed by atoms with van der Waals surface area (Å²) in [5.74, 6) is 1.06. The summed E-state index contributed by atoms with van der Waals surface area (Å²) in [5, 5.41) is 2.15. The number of nitrogens with zero attached hydrogens (tertiary/aromatic N) is 3. The topological polar surface area (TPSA) is 38.2 Å². The van der Waals surface area contributed by atoms with Crippen LogP contribution in [0, 0.1) is 6.92 Å². The van der Waals surface area contributed by atoms with E-state index in [4.69, 9.17) is 4.74 Å². The highest BCUT2D eigenvalue weighted by molar-refractivity contribution is 7.18. The zero-order chi connectivity index (χ0) is 12.7. The molecule has 1 aliphatic rings. The number of ether oxygens (including phenoxy) is 1. The first kappa shape index (κ1) is 11.9. The lowest BCUT2D eigenvalue weighted by atomic mass is 10.2. The molecule has 3 heterocycles. The Morgan fingerprint density at radius 3 is 2.72 bits per heavy atom. The molecule has 0 radical (unpaired) electrons. The summed E-state index contributed by atoms with van der Waals surface area (Å²) in [5.41, 5.74) is 2.31. The Kier molecular flexibility index (Phi) is 2.95. The van der Waals surface area contributed by atoms with Gasteiger partial charge in [0.2, 0.25) is 0 Å². The minimum Gasteiger partial charge on any atom is -0.372 e. The summed E-state index contributed by atoms with van der Waals surface area (Å²) >= 11 is 1.73. The van der Waals surface area contributed by atoms with Crippen LogP contribution in [0.4, 0.5) is 5.82 Å². The number of aryl methyl sites for hydroxylation is 1. The molecule has 1 saturated heterocycles. The van der Waals surface area contributed by atoms with Crippen molar-refractivity contribution in [2.45, 2.75) is 33.0 Å². The molecule has 0 N–H and O–H groups in total. The molecule has 0 saturated carbocycles. The Hall–Kier alpha value is -1.20. The van der Waals surface area contributed by atoms with Gasteiger partial charge in [0, 0.05) is 13.1 Å². The van der Waals surface area contributed by atoms with Gasteiger partial charge in [-0.2, -0.15) is 0 Å². The lowest BCUT2D eigenvalue weighted by molar-refractivity contribution is -0.00536. The fourth-order valence-electron chi connectivity index (χ4n) is 2.53. The van der Waals surface area contributed by atoms with Gasteiger partial charge >= 0.3 is 0 Å². The Bertz CT molecular complexity index is 558. The summed E-state index contributed by atoms with van der Waals surface area (Å²) < 4.78 is 6.96. The average Bonchev–Trinajstić information content (AvgIpc) is 2.70. The van der Waals surface area contributed by atoms with E-state index in [1.54, 1.807) is 17.7 Å². The van der Waals surface area contributed by atoms with Crippen molar-refractivity contribution in [3.63, 3.8) is 0 Å². The van der Waals surface area contributed by atoms with Gasteiger partial charge in [-0.05, 0) is 31.7 Å². The number of thiophene rings is 1. The van der Waals surface area contributed by atoms with Crippen LogP contribution in [-0.4, -0.2) is 35.3 Å². The molecule has 0 aromatic carbocycles. The first-order valence-electron chi connectivity index (χ1n) is 6.24. The molecule has 0 bridgehead atoms. The van der Waals surface area contributed by atoms with Crippen LogP contribution in [0.15, 0.2) is 11.7 Å². The number of aromatic nitrogens is 2. The molecule has 96 valence electrons. The second-order valence-electron chi connectivity index (χ2n) is 4.96. The minimum absolute atomic E-state index is 0.250. The van der Waals surface area contributed by atoms with Gasteiger partial charge in [0.05, 0.1) is 22.4 Å². The van der Waals surface area contributed by atoms with Crippen molar-refractivity contribution < 1.29 is 4.74 Å². The van der Waals surface area contributed by atoms with E-state index in [0.29, 0.717) is 0 Å².